The fourth-order valence-corrected chi connectivity index (χ4v) is 1.73. The Balaban J connectivity index is 2.30. The fraction of sp³-hybridized carbons (Fsp3) is 0. The normalized spacial score (nSPS) is 10.1. The average Bonchev–Trinajstić information content (AvgIpc) is 2.34. The van der Waals surface area contributed by atoms with Gasteiger partial charge in [0.2, 0.25) is 0 Å². The zero-order valence-corrected chi connectivity index (χ0v) is 10.6. The Morgan fingerprint density at radius 3 is 2.83 bits per heavy atom. The van der Waals surface area contributed by atoms with E-state index in [0.29, 0.717) is 4.47 Å². The third-order valence-corrected chi connectivity index (χ3v) is 2.93. The van der Waals surface area contributed by atoms with Crippen molar-refractivity contribution < 1.29 is 9.18 Å². The third-order valence-electron chi connectivity index (χ3n) is 2.24. The lowest BCUT2D eigenvalue weighted by molar-refractivity contribution is 0.102. The Hall–Kier alpha value is -1.95. The smallest absolute Gasteiger partial charge is 0.261 e. The predicted molar refractivity (Wildman–Crippen MR) is 69.1 cm³/mol. The molecule has 0 atom stereocenters. The molecule has 2 rings (SSSR count). The van der Waals surface area contributed by atoms with Crippen LogP contribution >= 0.6 is 15.9 Å². The van der Waals surface area contributed by atoms with E-state index in [1.807, 2.05) is 0 Å². The summed E-state index contributed by atoms with van der Waals surface area (Å²) in [6.45, 7) is 0. The Kier molecular flexibility index (Phi) is 3.57. The molecule has 18 heavy (non-hydrogen) atoms. The van der Waals surface area contributed by atoms with Crippen LogP contribution in [-0.2, 0) is 0 Å². The van der Waals surface area contributed by atoms with E-state index in [1.165, 1.54) is 36.5 Å². The van der Waals surface area contributed by atoms with Gasteiger partial charge in [-0.05, 0) is 46.3 Å². The Labute approximate surface area is 110 Å². The van der Waals surface area contributed by atoms with Gasteiger partial charge in [-0.2, -0.15) is 0 Å². The van der Waals surface area contributed by atoms with Crippen LogP contribution in [0.4, 0.5) is 10.1 Å². The van der Waals surface area contributed by atoms with Gasteiger partial charge in [-0.3, -0.25) is 9.59 Å². The van der Waals surface area contributed by atoms with Crippen molar-refractivity contribution in [2.45, 2.75) is 0 Å². The fourth-order valence-electron chi connectivity index (χ4n) is 1.38. The molecule has 0 radical (unpaired) electrons. The molecule has 0 aliphatic heterocycles. The van der Waals surface area contributed by atoms with Gasteiger partial charge in [-0.15, -0.1) is 0 Å². The molecule has 1 amide bonds. The summed E-state index contributed by atoms with van der Waals surface area (Å²) in [6.07, 6.45) is 1.43. The first-order chi connectivity index (χ1) is 8.58. The second-order valence-electron chi connectivity index (χ2n) is 3.49. The molecule has 0 bridgehead atoms. The number of pyridine rings is 1. The van der Waals surface area contributed by atoms with Crippen molar-refractivity contribution in [3.05, 3.63) is 62.7 Å². The van der Waals surface area contributed by atoms with Crippen LogP contribution in [0.5, 0.6) is 0 Å². The number of anilines is 1. The van der Waals surface area contributed by atoms with Gasteiger partial charge in [-0.25, -0.2) is 4.39 Å². The summed E-state index contributed by atoms with van der Waals surface area (Å²) < 4.78 is 13.6. The number of hydrogen-bond acceptors (Lipinski definition) is 2. The zero-order valence-electron chi connectivity index (χ0n) is 9.04. The van der Waals surface area contributed by atoms with Crippen LogP contribution < -0.4 is 10.9 Å². The summed E-state index contributed by atoms with van der Waals surface area (Å²) in [7, 11) is 0. The zero-order chi connectivity index (χ0) is 13.1. The summed E-state index contributed by atoms with van der Waals surface area (Å²) >= 11 is 3.18. The minimum absolute atomic E-state index is 0.0336. The van der Waals surface area contributed by atoms with Crippen molar-refractivity contribution in [3.63, 3.8) is 0 Å². The van der Waals surface area contributed by atoms with E-state index in [1.54, 1.807) is 0 Å². The number of amides is 1. The second kappa shape index (κ2) is 5.14. The number of aromatic amines is 1. The number of rotatable bonds is 2. The third kappa shape index (κ3) is 2.65. The number of hydrogen-bond donors (Lipinski definition) is 2. The lowest BCUT2D eigenvalue weighted by atomic mass is 10.2. The van der Waals surface area contributed by atoms with E-state index in [0.717, 1.165) is 0 Å². The van der Waals surface area contributed by atoms with Crippen molar-refractivity contribution in [1.29, 1.82) is 0 Å². The van der Waals surface area contributed by atoms with Crippen molar-refractivity contribution in [3.8, 4) is 0 Å². The molecular weight excluding hydrogens is 303 g/mol. The standard InChI is InChI=1S/C12H8BrFN2O2/c13-9-4-3-7(14)6-10(9)16-12(18)8-2-1-5-15-11(8)17/h1-6H,(H,15,17)(H,16,18). The highest BCUT2D eigenvalue weighted by Gasteiger charge is 2.11. The van der Waals surface area contributed by atoms with Gasteiger partial charge in [0, 0.05) is 10.7 Å². The molecule has 0 aliphatic carbocycles. The maximum Gasteiger partial charge on any atom is 0.261 e. The quantitative estimate of drug-likeness (QED) is 0.895. The Morgan fingerprint density at radius 2 is 2.11 bits per heavy atom. The van der Waals surface area contributed by atoms with Gasteiger partial charge in [0.1, 0.15) is 11.4 Å². The molecule has 4 nitrogen and oxygen atoms in total. The van der Waals surface area contributed by atoms with E-state index in [9.17, 15) is 14.0 Å². The first-order valence-corrected chi connectivity index (χ1v) is 5.81. The van der Waals surface area contributed by atoms with E-state index in [2.05, 4.69) is 26.2 Å². The first kappa shape index (κ1) is 12.5. The molecular formula is C12H8BrFN2O2. The molecule has 2 N–H and O–H groups in total. The number of aromatic nitrogens is 1. The highest BCUT2D eigenvalue weighted by Crippen LogP contribution is 2.23. The summed E-state index contributed by atoms with van der Waals surface area (Å²) in [6, 6.07) is 6.83. The molecule has 0 unspecified atom stereocenters. The summed E-state index contributed by atoms with van der Waals surface area (Å²) in [4.78, 5) is 25.6. The Morgan fingerprint density at radius 1 is 1.33 bits per heavy atom. The van der Waals surface area contributed by atoms with Crippen molar-refractivity contribution in [1.82, 2.24) is 4.98 Å². The average molecular weight is 311 g/mol. The van der Waals surface area contributed by atoms with E-state index < -0.39 is 17.3 Å². The lowest BCUT2D eigenvalue weighted by Crippen LogP contribution is -2.22. The molecule has 1 aromatic heterocycles. The van der Waals surface area contributed by atoms with Crippen molar-refractivity contribution in [2.75, 3.05) is 5.32 Å². The summed E-state index contributed by atoms with van der Waals surface area (Å²) in [5.41, 5.74) is -0.264. The SMILES string of the molecule is O=C(Nc1cc(F)ccc1Br)c1ccc[nH]c1=O. The van der Waals surface area contributed by atoms with Gasteiger partial charge in [0.15, 0.2) is 0 Å². The summed E-state index contributed by atoms with van der Waals surface area (Å²) in [5, 5.41) is 2.46. The minimum Gasteiger partial charge on any atom is -0.328 e. The summed E-state index contributed by atoms with van der Waals surface area (Å²) in [5.74, 6) is -1.07. The van der Waals surface area contributed by atoms with Crippen LogP contribution in [0.3, 0.4) is 0 Å². The minimum atomic E-state index is -0.594. The van der Waals surface area contributed by atoms with Crippen LogP contribution in [0.2, 0.25) is 0 Å². The molecule has 0 saturated heterocycles. The first-order valence-electron chi connectivity index (χ1n) is 5.02. The molecule has 6 heteroatoms. The maximum atomic E-state index is 13.0. The lowest BCUT2D eigenvalue weighted by Gasteiger charge is -2.06. The number of nitrogens with one attached hydrogen (secondary N) is 2. The molecule has 0 spiro atoms. The molecule has 0 aliphatic rings. The molecule has 92 valence electrons. The van der Waals surface area contributed by atoms with Gasteiger partial charge < -0.3 is 10.3 Å². The molecule has 1 aromatic carbocycles. The van der Waals surface area contributed by atoms with Gasteiger partial charge in [0.25, 0.3) is 11.5 Å². The Bertz CT molecular complexity index is 655. The second-order valence-corrected chi connectivity index (χ2v) is 4.35. The van der Waals surface area contributed by atoms with Crippen LogP contribution in [0, 0.1) is 5.82 Å². The number of halogens is 2. The van der Waals surface area contributed by atoms with Gasteiger partial charge in [0.05, 0.1) is 5.69 Å². The number of carbonyl (C=O) groups excluding carboxylic acids is 1. The van der Waals surface area contributed by atoms with Gasteiger partial charge >= 0.3 is 0 Å². The van der Waals surface area contributed by atoms with Crippen LogP contribution in [0.25, 0.3) is 0 Å². The van der Waals surface area contributed by atoms with E-state index >= 15 is 0 Å². The molecule has 1 heterocycles. The van der Waals surface area contributed by atoms with Crippen LogP contribution in [0.1, 0.15) is 10.4 Å². The van der Waals surface area contributed by atoms with Crippen molar-refractivity contribution in [2.24, 2.45) is 0 Å². The largest absolute Gasteiger partial charge is 0.328 e. The van der Waals surface area contributed by atoms with E-state index in [-0.39, 0.29) is 11.3 Å². The van der Waals surface area contributed by atoms with Crippen LogP contribution in [0.15, 0.2) is 45.8 Å². The number of carbonyl (C=O) groups is 1. The van der Waals surface area contributed by atoms with Crippen LogP contribution in [-0.4, -0.2) is 10.9 Å². The topological polar surface area (TPSA) is 62.0 Å². The monoisotopic (exact) mass is 310 g/mol. The number of H-pyrrole nitrogens is 1. The highest BCUT2D eigenvalue weighted by molar-refractivity contribution is 9.10. The van der Waals surface area contributed by atoms with E-state index in [4.69, 9.17) is 0 Å². The molecule has 0 saturated carbocycles. The molecule has 2 aromatic rings. The van der Waals surface area contributed by atoms with Gasteiger partial charge in [-0.1, -0.05) is 0 Å². The maximum absolute atomic E-state index is 13.0. The molecule has 0 fully saturated rings. The highest BCUT2D eigenvalue weighted by atomic mass is 79.9. The van der Waals surface area contributed by atoms with Crippen molar-refractivity contribution >= 4 is 27.5 Å². The number of benzene rings is 1. The predicted octanol–water partition coefficient (Wildman–Crippen LogP) is 2.53.